The van der Waals surface area contributed by atoms with E-state index in [-0.39, 0.29) is 5.91 Å². The lowest BCUT2D eigenvalue weighted by Gasteiger charge is -2.01. The fourth-order valence-electron chi connectivity index (χ4n) is 1.79. The molecule has 22 heavy (non-hydrogen) atoms. The van der Waals surface area contributed by atoms with Gasteiger partial charge in [0.25, 0.3) is 5.91 Å². The molecule has 0 unspecified atom stereocenters. The van der Waals surface area contributed by atoms with E-state index in [1.807, 2.05) is 11.4 Å². The number of hydrogen-bond acceptors (Lipinski definition) is 4. The van der Waals surface area contributed by atoms with Crippen LogP contribution in [-0.2, 0) is 0 Å². The lowest BCUT2D eigenvalue weighted by atomic mass is 10.2. The number of nitrogens with zero attached hydrogens (tertiary/aromatic N) is 2. The molecule has 0 aliphatic heterocycles. The van der Waals surface area contributed by atoms with Gasteiger partial charge in [0.1, 0.15) is 0 Å². The number of rotatable bonds is 3. The maximum absolute atomic E-state index is 12.0. The van der Waals surface area contributed by atoms with Gasteiger partial charge in [-0.2, -0.15) is 0 Å². The maximum atomic E-state index is 12.0. The summed E-state index contributed by atoms with van der Waals surface area (Å²) in [6.45, 7) is 0. The molecule has 7 heteroatoms. The summed E-state index contributed by atoms with van der Waals surface area (Å²) in [4.78, 5) is 20.3. The molecule has 0 spiro atoms. The van der Waals surface area contributed by atoms with E-state index in [0.29, 0.717) is 20.7 Å². The van der Waals surface area contributed by atoms with Crippen LogP contribution in [-0.4, -0.2) is 15.9 Å². The molecular weight excluding hydrogens is 341 g/mol. The molecule has 3 aromatic rings. The Morgan fingerprint density at radius 2 is 1.86 bits per heavy atom. The van der Waals surface area contributed by atoms with Crippen LogP contribution in [0.15, 0.2) is 48.1 Å². The second kappa shape index (κ2) is 6.44. The second-order valence-electron chi connectivity index (χ2n) is 4.36. The van der Waals surface area contributed by atoms with Crippen LogP contribution < -0.4 is 5.32 Å². The number of aromatic nitrogens is 2. The Hall–Kier alpha value is -1.95. The van der Waals surface area contributed by atoms with Crippen molar-refractivity contribution in [1.82, 2.24) is 9.97 Å². The molecule has 1 amide bonds. The summed E-state index contributed by atoms with van der Waals surface area (Å²) in [5, 5.41) is 6.08. The number of hydrogen-bond donors (Lipinski definition) is 1. The quantitative estimate of drug-likeness (QED) is 0.741. The van der Waals surface area contributed by atoms with Crippen molar-refractivity contribution in [2.45, 2.75) is 0 Å². The summed E-state index contributed by atoms with van der Waals surface area (Å²) in [6.07, 6.45) is 3.13. The van der Waals surface area contributed by atoms with Gasteiger partial charge >= 0.3 is 0 Å². The lowest BCUT2D eigenvalue weighted by molar-refractivity contribution is 0.102. The largest absolute Gasteiger partial charge is 0.298 e. The van der Waals surface area contributed by atoms with Crippen molar-refractivity contribution in [1.29, 1.82) is 0 Å². The molecular formula is C15H9Cl2N3OS. The van der Waals surface area contributed by atoms with Gasteiger partial charge in [-0.1, -0.05) is 29.3 Å². The zero-order valence-corrected chi connectivity index (χ0v) is 13.4. The Balaban J connectivity index is 1.79. The van der Waals surface area contributed by atoms with Gasteiger partial charge < -0.3 is 0 Å². The molecule has 4 nitrogen and oxygen atoms in total. The Morgan fingerprint density at radius 1 is 1.09 bits per heavy atom. The van der Waals surface area contributed by atoms with Crippen molar-refractivity contribution >= 4 is 45.6 Å². The molecule has 0 radical (unpaired) electrons. The van der Waals surface area contributed by atoms with Crippen molar-refractivity contribution in [3.05, 3.63) is 63.7 Å². The highest BCUT2D eigenvalue weighted by atomic mass is 35.5. The van der Waals surface area contributed by atoms with Crippen molar-refractivity contribution < 1.29 is 4.79 Å². The van der Waals surface area contributed by atoms with Gasteiger partial charge in [0.05, 0.1) is 15.7 Å². The number of carbonyl (C=O) groups is 1. The zero-order valence-electron chi connectivity index (χ0n) is 11.1. The van der Waals surface area contributed by atoms with Crippen LogP contribution in [0.1, 0.15) is 10.4 Å². The van der Waals surface area contributed by atoms with E-state index in [1.54, 1.807) is 36.7 Å². The summed E-state index contributed by atoms with van der Waals surface area (Å²) in [5.41, 5.74) is 2.10. The Morgan fingerprint density at radius 3 is 2.59 bits per heavy atom. The standard InChI is InChI=1S/C15H9Cl2N3OS/c16-11-2-1-10(7-12(11)17)13-8-22-15(19-13)20-14(21)9-3-5-18-6-4-9/h1-8H,(H,19,20,21). The highest BCUT2D eigenvalue weighted by Gasteiger charge is 2.10. The molecule has 1 aromatic carbocycles. The van der Waals surface area contributed by atoms with Crippen LogP contribution in [0.5, 0.6) is 0 Å². The van der Waals surface area contributed by atoms with Crippen molar-refractivity contribution in [3.8, 4) is 11.3 Å². The number of thiazole rings is 1. The van der Waals surface area contributed by atoms with E-state index >= 15 is 0 Å². The number of carbonyl (C=O) groups excluding carboxylic acids is 1. The first kappa shape index (κ1) is 15.0. The molecule has 0 saturated heterocycles. The lowest BCUT2D eigenvalue weighted by Crippen LogP contribution is -2.11. The highest BCUT2D eigenvalue weighted by Crippen LogP contribution is 2.30. The maximum Gasteiger partial charge on any atom is 0.257 e. The first-order valence-corrected chi connectivity index (χ1v) is 7.89. The number of benzene rings is 1. The minimum atomic E-state index is -0.225. The second-order valence-corrected chi connectivity index (χ2v) is 6.03. The van der Waals surface area contributed by atoms with E-state index < -0.39 is 0 Å². The van der Waals surface area contributed by atoms with Gasteiger partial charge in [-0.15, -0.1) is 11.3 Å². The van der Waals surface area contributed by atoms with Crippen molar-refractivity contribution in [3.63, 3.8) is 0 Å². The summed E-state index contributed by atoms with van der Waals surface area (Å²) >= 11 is 13.2. The third-order valence-corrected chi connectivity index (χ3v) is 4.38. The number of halogens is 2. The number of anilines is 1. The highest BCUT2D eigenvalue weighted by molar-refractivity contribution is 7.14. The molecule has 0 atom stereocenters. The van der Waals surface area contributed by atoms with Gasteiger partial charge in [0, 0.05) is 28.9 Å². The first-order chi connectivity index (χ1) is 10.6. The molecule has 0 bridgehead atoms. The van der Waals surface area contributed by atoms with Gasteiger partial charge in [-0.25, -0.2) is 4.98 Å². The average Bonchev–Trinajstić information content (AvgIpc) is 2.99. The van der Waals surface area contributed by atoms with Gasteiger partial charge in [0.15, 0.2) is 5.13 Å². The van der Waals surface area contributed by atoms with E-state index in [1.165, 1.54) is 11.3 Å². The molecule has 1 N–H and O–H groups in total. The van der Waals surface area contributed by atoms with Gasteiger partial charge in [-0.05, 0) is 24.3 Å². The summed E-state index contributed by atoms with van der Waals surface area (Å²) in [5.74, 6) is -0.225. The Labute approximate surface area is 140 Å². The molecule has 2 aromatic heterocycles. The van der Waals surface area contributed by atoms with Crippen LogP contribution in [0, 0.1) is 0 Å². The average molecular weight is 350 g/mol. The third-order valence-electron chi connectivity index (χ3n) is 2.88. The summed E-state index contributed by atoms with van der Waals surface area (Å²) < 4.78 is 0. The predicted octanol–water partition coefficient (Wildman–Crippen LogP) is 4.76. The van der Waals surface area contributed by atoms with Crippen LogP contribution in [0.25, 0.3) is 11.3 Å². The Kier molecular flexibility index (Phi) is 4.38. The smallest absolute Gasteiger partial charge is 0.257 e. The van der Waals surface area contributed by atoms with Crippen LogP contribution in [0.2, 0.25) is 10.0 Å². The first-order valence-electron chi connectivity index (χ1n) is 6.26. The predicted molar refractivity (Wildman–Crippen MR) is 89.8 cm³/mol. The van der Waals surface area contributed by atoms with E-state index in [0.717, 1.165) is 11.3 Å². The number of pyridine rings is 1. The van der Waals surface area contributed by atoms with E-state index in [4.69, 9.17) is 23.2 Å². The zero-order chi connectivity index (χ0) is 15.5. The van der Waals surface area contributed by atoms with Gasteiger partial charge in [0.2, 0.25) is 0 Å². The molecule has 0 fully saturated rings. The van der Waals surface area contributed by atoms with Gasteiger partial charge in [-0.3, -0.25) is 15.1 Å². The normalized spacial score (nSPS) is 10.5. The molecule has 0 aliphatic carbocycles. The molecule has 110 valence electrons. The molecule has 3 rings (SSSR count). The SMILES string of the molecule is O=C(Nc1nc(-c2ccc(Cl)c(Cl)c2)cs1)c1ccncc1. The number of nitrogens with one attached hydrogen (secondary N) is 1. The summed E-state index contributed by atoms with van der Waals surface area (Å²) in [6, 6.07) is 8.57. The fraction of sp³-hybridized carbons (Fsp3) is 0. The molecule has 0 aliphatic rings. The minimum absolute atomic E-state index is 0.225. The summed E-state index contributed by atoms with van der Waals surface area (Å²) in [7, 11) is 0. The topological polar surface area (TPSA) is 54.9 Å². The minimum Gasteiger partial charge on any atom is -0.298 e. The molecule has 0 saturated carbocycles. The van der Waals surface area contributed by atoms with E-state index in [9.17, 15) is 4.79 Å². The third kappa shape index (κ3) is 3.27. The fourth-order valence-corrected chi connectivity index (χ4v) is 2.80. The number of amides is 1. The van der Waals surface area contributed by atoms with Crippen LogP contribution in [0.3, 0.4) is 0 Å². The molecule has 2 heterocycles. The van der Waals surface area contributed by atoms with Crippen LogP contribution in [0.4, 0.5) is 5.13 Å². The van der Waals surface area contributed by atoms with Crippen LogP contribution >= 0.6 is 34.5 Å². The van der Waals surface area contributed by atoms with Crippen molar-refractivity contribution in [2.75, 3.05) is 5.32 Å². The monoisotopic (exact) mass is 349 g/mol. The Bertz CT molecular complexity index is 821. The van der Waals surface area contributed by atoms with Crippen molar-refractivity contribution in [2.24, 2.45) is 0 Å². The van der Waals surface area contributed by atoms with E-state index in [2.05, 4.69) is 15.3 Å².